The van der Waals surface area contributed by atoms with Crippen molar-refractivity contribution in [1.82, 2.24) is 15.3 Å². The molecule has 1 atom stereocenters. The number of carbonyl (C=O) groups excluding carboxylic acids is 1. The zero-order valence-electron chi connectivity index (χ0n) is 12.6. The second-order valence-corrected chi connectivity index (χ2v) is 6.29. The van der Waals surface area contributed by atoms with Crippen LogP contribution in [0.2, 0.25) is 0 Å². The molecule has 2 heterocycles. The average molecular weight is 343 g/mol. The minimum absolute atomic E-state index is 0.0247. The average Bonchev–Trinajstić information content (AvgIpc) is 2.95. The first kappa shape index (κ1) is 17.4. The molecule has 0 spiro atoms. The second-order valence-electron chi connectivity index (χ2n) is 5.35. The van der Waals surface area contributed by atoms with Gasteiger partial charge in [0, 0.05) is 17.8 Å². The standard InChI is InChI=1S/C15H16F3N3OS/c1-9(2)13(10-4-3-5-19-6-10)14(22)20-7-12-21-11(8-23-12)15(16,17)18/h3-6,8-9,13H,7H2,1-2H3,(H,20,22). The molecule has 124 valence electrons. The largest absolute Gasteiger partial charge is 0.434 e. The summed E-state index contributed by atoms with van der Waals surface area (Å²) in [4.78, 5) is 19.9. The number of hydrogen-bond donors (Lipinski definition) is 1. The van der Waals surface area contributed by atoms with Gasteiger partial charge in [0.15, 0.2) is 5.69 Å². The van der Waals surface area contributed by atoms with Gasteiger partial charge in [-0.15, -0.1) is 11.3 Å². The van der Waals surface area contributed by atoms with Crippen molar-refractivity contribution in [1.29, 1.82) is 0 Å². The Hall–Kier alpha value is -1.96. The number of aromatic nitrogens is 2. The molecule has 0 aliphatic heterocycles. The third kappa shape index (κ3) is 4.51. The molecule has 23 heavy (non-hydrogen) atoms. The first-order valence-corrected chi connectivity index (χ1v) is 7.86. The molecule has 1 unspecified atom stereocenters. The van der Waals surface area contributed by atoms with Crippen molar-refractivity contribution in [3.05, 3.63) is 46.2 Å². The van der Waals surface area contributed by atoms with Gasteiger partial charge >= 0.3 is 6.18 Å². The minimum atomic E-state index is -4.46. The highest BCUT2D eigenvalue weighted by Gasteiger charge is 2.33. The third-order valence-electron chi connectivity index (χ3n) is 3.25. The van der Waals surface area contributed by atoms with E-state index in [1.165, 1.54) is 0 Å². The summed E-state index contributed by atoms with van der Waals surface area (Å²) in [7, 11) is 0. The van der Waals surface area contributed by atoms with E-state index in [1.54, 1.807) is 18.5 Å². The molecule has 4 nitrogen and oxygen atoms in total. The summed E-state index contributed by atoms with van der Waals surface area (Å²) in [6.45, 7) is 3.79. The summed E-state index contributed by atoms with van der Waals surface area (Å²) >= 11 is 0.876. The number of nitrogens with zero attached hydrogens (tertiary/aromatic N) is 2. The van der Waals surface area contributed by atoms with Crippen LogP contribution >= 0.6 is 11.3 Å². The van der Waals surface area contributed by atoms with E-state index in [-0.39, 0.29) is 23.4 Å². The normalized spacial score (nSPS) is 13.1. The Kier molecular flexibility index (Phi) is 5.35. The van der Waals surface area contributed by atoms with Gasteiger partial charge in [-0.3, -0.25) is 9.78 Å². The van der Waals surface area contributed by atoms with Crippen LogP contribution in [-0.4, -0.2) is 15.9 Å². The van der Waals surface area contributed by atoms with Crippen LogP contribution < -0.4 is 5.32 Å². The Morgan fingerprint density at radius 3 is 2.65 bits per heavy atom. The molecular formula is C15H16F3N3OS. The van der Waals surface area contributed by atoms with E-state index >= 15 is 0 Å². The summed E-state index contributed by atoms with van der Waals surface area (Å²) in [6, 6.07) is 3.55. The van der Waals surface area contributed by atoms with E-state index in [4.69, 9.17) is 0 Å². The van der Waals surface area contributed by atoms with Gasteiger partial charge in [-0.25, -0.2) is 4.98 Å². The molecule has 2 aromatic heterocycles. The molecule has 2 aromatic rings. The fraction of sp³-hybridized carbons (Fsp3) is 0.400. The van der Waals surface area contributed by atoms with Crippen LogP contribution in [0.4, 0.5) is 13.2 Å². The van der Waals surface area contributed by atoms with Crippen molar-refractivity contribution in [2.45, 2.75) is 32.5 Å². The van der Waals surface area contributed by atoms with Crippen LogP contribution in [0.3, 0.4) is 0 Å². The molecule has 0 saturated heterocycles. The summed E-state index contributed by atoms with van der Waals surface area (Å²) < 4.78 is 37.5. The van der Waals surface area contributed by atoms with Gasteiger partial charge in [-0.2, -0.15) is 13.2 Å². The summed E-state index contributed by atoms with van der Waals surface area (Å²) in [6.07, 6.45) is -1.22. The van der Waals surface area contributed by atoms with Crippen LogP contribution in [-0.2, 0) is 17.5 Å². The summed E-state index contributed by atoms with van der Waals surface area (Å²) in [5.74, 6) is -0.635. The molecular weight excluding hydrogens is 327 g/mol. The molecule has 0 saturated carbocycles. The van der Waals surface area contributed by atoms with Gasteiger partial charge in [0.05, 0.1) is 12.5 Å². The van der Waals surface area contributed by atoms with Crippen LogP contribution in [0.15, 0.2) is 29.9 Å². The maximum absolute atomic E-state index is 12.5. The van der Waals surface area contributed by atoms with Gasteiger partial charge in [0.1, 0.15) is 5.01 Å². The van der Waals surface area contributed by atoms with Crippen LogP contribution in [0.1, 0.15) is 36.0 Å². The lowest BCUT2D eigenvalue weighted by molar-refractivity contribution is -0.140. The number of rotatable bonds is 5. The Labute approximate surface area is 135 Å². The van der Waals surface area contributed by atoms with E-state index < -0.39 is 17.8 Å². The SMILES string of the molecule is CC(C)C(C(=O)NCc1nc(C(F)(F)F)cs1)c1cccnc1. The highest BCUT2D eigenvalue weighted by atomic mass is 32.1. The van der Waals surface area contributed by atoms with E-state index in [9.17, 15) is 18.0 Å². The Balaban J connectivity index is 2.04. The molecule has 0 aromatic carbocycles. The van der Waals surface area contributed by atoms with Gasteiger partial charge in [-0.1, -0.05) is 19.9 Å². The van der Waals surface area contributed by atoms with E-state index in [1.807, 2.05) is 19.9 Å². The number of halogens is 3. The fourth-order valence-electron chi connectivity index (χ4n) is 2.19. The molecule has 1 amide bonds. The predicted octanol–water partition coefficient (Wildman–Crippen LogP) is 3.61. The van der Waals surface area contributed by atoms with Crippen molar-refractivity contribution in [3.8, 4) is 0 Å². The number of pyridine rings is 1. The topological polar surface area (TPSA) is 54.9 Å². The predicted molar refractivity (Wildman–Crippen MR) is 80.8 cm³/mol. The van der Waals surface area contributed by atoms with E-state index in [2.05, 4.69) is 15.3 Å². The van der Waals surface area contributed by atoms with Crippen LogP contribution in [0, 0.1) is 5.92 Å². The summed E-state index contributed by atoms with van der Waals surface area (Å²) in [5.41, 5.74) is -0.158. The van der Waals surface area contributed by atoms with Gasteiger partial charge in [0.2, 0.25) is 5.91 Å². The van der Waals surface area contributed by atoms with E-state index in [0.29, 0.717) is 0 Å². The maximum atomic E-state index is 12.5. The molecule has 1 N–H and O–H groups in total. The molecule has 0 fully saturated rings. The van der Waals surface area contributed by atoms with Gasteiger partial charge < -0.3 is 5.32 Å². The van der Waals surface area contributed by atoms with Crippen molar-refractivity contribution in [3.63, 3.8) is 0 Å². The molecule has 0 radical (unpaired) electrons. The Bertz CT molecular complexity index is 655. The first-order chi connectivity index (χ1) is 10.8. The van der Waals surface area contributed by atoms with Gasteiger partial charge in [-0.05, 0) is 17.5 Å². The zero-order valence-corrected chi connectivity index (χ0v) is 13.4. The van der Waals surface area contributed by atoms with Crippen LogP contribution in [0.25, 0.3) is 0 Å². The molecule has 8 heteroatoms. The van der Waals surface area contributed by atoms with Crippen molar-refractivity contribution in [2.24, 2.45) is 5.92 Å². The van der Waals surface area contributed by atoms with Crippen LogP contribution in [0.5, 0.6) is 0 Å². The van der Waals surface area contributed by atoms with E-state index in [0.717, 1.165) is 22.3 Å². The monoisotopic (exact) mass is 343 g/mol. The number of alkyl halides is 3. The zero-order chi connectivity index (χ0) is 17.0. The number of amides is 1. The quantitative estimate of drug-likeness (QED) is 0.902. The second kappa shape index (κ2) is 7.08. The fourth-order valence-corrected chi connectivity index (χ4v) is 2.93. The highest BCUT2D eigenvalue weighted by molar-refractivity contribution is 7.09. The first-order valence-electron chi connectivity index (χ1n) is 6.98. The Morgan fingerprint density at radius 1 is 1.39 bits per heavy atom. The lowest BCUT2D eigenvalue weighted by Crippen LogP contribution is -2.31. The number of hydrogen-bond acceptors (Lipinski definition) is 4. The Morgan fingerprint density at radius 2 is 2.13 bits per heavy atom. The van der Waals surface area contributed by atoms with Crippen molar-refractivity contribution >= 4 is 17.2 Å². The summed E-state index contributed by atoms with van der Waals surface area (Å²) in [5, 5.41) is 3.83. The molecule has 0 aliphatic rings. The lowest BCUT2D eigenvalue weighted by Gasteiger charge is -2.20. The molecule has 0 aliphatic carbocycles. The van der Waals surface area contributed by atoms with Crippen molar-refractivity contribution < 1.29 is 18.0 Å². The highest BCUT2D eigenvalue weighted by Crippen LogP contribution is 2.30. The third-order valence-corrected chi connectivity index (χ3v) is 4.10. The minimum Gasteiger partial charge on any atom is -0.349 e. The smallest absolute Gasteiger partial charge is 0.349 e. The maximum Gasteiger partial charge on any atom is 0.434 e. The van der Waals surface area contributed by atoms with Gasteiger partial charge in [0.25, 0.3) is 0 Å². The number of carbonyl (C=O) groups is 1. The molecule has 0 bridgehead atoms. The lowest BCUT2D eigenvalue weighted by atomic mass is 9.88. The number of nitrogens with one attached hydrogen (secondary N) is 1. The van der Waals surface area contributed by atoms with Crippen molar-refractivity contribution in [2.75, 3.05) is 0 Å². The number of thiazole rings is 1. The molecule has 2 rings (SSSR count).